The van der Waals surface area contributed by atoms with Crippen molar-refractivity contribution in [1.29, 1.82) is 0 Å². The first kappa shape index (κ1) is 14.7. The van der Waals surface area contributed by atoms with Gasteiger partial charge in [0.2, 0.25) is 0 Å². The first-order chi connectivity index (χ1) is 6.63. The maximum Gasteiger partial charge on any atom is 0.307 e. The number of benzene rings is 1. The van der Waals surface area contributed by atoms with Crippen LogP contribution < -0.4 is 5.73 Å². The highest BCUT2D eigenvalue weighted by Crippen LogP contribution is 2.15. The average Bonchev–Trinajstić information content (AvgIpc) is 2.18. The molecule has 0 spiro atoms. The highest BCUT2D eigenvalue weighted by molar-refractivity contribution is 14.1. The lowest BCUT2D eigenvalue weighted by Crippen LogP contribution is -2.16. The third-order valence-electron chi connectivity index (χ3n) is 1.91. The average molecular weight is 342 g/mol. The van der Waals surface area contributed by atoms with Gasteiger partial charge in [-0.05, 0) is 40.3 Å². The second kappa shape index (κ2) is 7.03. The van der Waals surface area contributed by atoms with Gasteiger partial charge in [-0.25, -0.2) is 0 Å². The van der Waals surface area contributed by atoms with Gasteiger partial charge in [0.25, 0.3) is 0 Å². The van der Waals surface area contributed by atoms with E-state index in [9.17, 15) is 4.79 Å². The van der Waals surface area contributed by atoms with Crippen molar-refractivity contribution in [2.24, 2.45) is 5.73 Å². The minimum atomic E-state index is -0.281. The van der Waals surface area contributed by atoms with Gasteiger partial charge in [0.15, 0.2) is 0 Å². The van der Waals surface area contributed by atoms with Crippen LogP contribution in [0.15, 0.2) is 24.3 Å². The van der Waals surface area contributed by atoms with Crippen LogP contribution in [-0.2, 0) is 9.53 Å². The Morgan fingerprint density at radius 1 is 1.47 bits per heavy atom. The molecule has 5 heteroatoms. The SMILES string of the molecule is COC(=O)C[C@@H](N)c1ccc(I)cc1.Cl. The normalized spacial score (nSPS) is 11.4. The molecule has 1 rings (SSSR count). The summed E-state index contributed by atoms with van der Waals surface area (Å²) in [7, 11) is 1.36. The number of carbonyl (C=O) groups is 1. The highest BCUT2D eigenvalue weighted by atomic mass is 127. The Balaban J connectivity index is 0.00000196. The molecule has 0 radical (unpaired) electrons. The van der Waals surface area contributed by atoms with E-state index in [2.05, 4.69) is 27.3 Å². The van der Waals surface area contributed by atoms with Crippen molar-refractivity contribution in [1.82, 2.24) is 0 Å². The number of rotatable bonds is 3. The second-order valence-corrected chi connectivity index (χ2v) is 4.18. The molecule has 3 nitrogen and oxygen atoms in total. The van der Waals surface area contributed by atoms with Crippen LogP contribution in [-0.4, -0.2) is 13.1 Å². The standard InChI is InChI=1S/C10H12INO2.ClH/c1-14-10(13)6-9(12)7-2-4-8(11)5-3-7;/h2-5,9H,6,12H2,1H3;1H/t9-;/m1./s1. The second-order valence-electron chi connectivity index (χ2n) is 2.94. The Labute approximate surface area is 109 Å². The summed E-state index contributed by atoms with van der Waals surface area (Å²) >= 11 is 2.22. The fraction of sp³-hybridized carbons (Fsp3) is 0.300. The number of nitrogens with two attached hydrogens (primary N) is 1. The van der Waals surface area contributed by atoms with E-state index in [0.29, 0.717) is 0 Å². The highest BCUT2D eigenvalue weighted by Gasteiger charge is 2.11. The molecule has 0 unspecified atom stereocenters. The van der Waals surface area contributed by atoms with Crippen molar-refractivity contribution in [2.75, 3.05) is 7.11 Å². The van der Waals surface area contributed by atoms with Crippen LogP contribution in [0.2, 0.25) is 0 Å². The summed E-state index contributed by atoms with van der Waals surface area (Å²) in [6.07, 6.45) is 0.219. The van der Waals surface area contributed by atoms with Gasteiger partial charge in [-0.2, -0.15) is 0 Å². The predicted molar refractivity (Wildman–Crippen MR) is 70.0 cm³/mol. The van der Waals surface area contributed by atoms with Crippen molar-refractivity contribution >= 4 is 41.0 Å². The van der Waals surface area contributed by atoms with Gasteiger partial charge in [0, 0.05) is 9.61 Å². The number of carbonyl (C=O) groups excluding carboxylic acids is 1. The smallest absolute Gasteiger partial charge is 0.307 e. The Hall–Kier alpha value is -0.330. The summed E-state index contributed by atoms with van der Waals surface area (Å²) in [6, 6.07) is 7.50. The summed E-state index contributed by atoms with van der Waals surface area (Å²) in [5.74, 6) is -0.281. The monoisotopic (exact) mass is 341 g/mol. The summed E-state index contributed by atoms with van der Waals surface area (Å²) in [5.41, 5.74) is 6.77. The van der Waals surface area contributed by atoms with E-state index < -0.39 is 0 Å². The molecule has 0 fully saturated rings. The fourth-order valence-corrected chi connectivity index (χ4v) is 1.45. The lowest BCUT2D eigenvalue weighted by Gasteiger charge is -2.10. The molecule has 84 valence electrons. The third-order valence-corrected chi connectivity index (χ3v) is 2.63. The minimum Gasteiger partial charge on any atom is -0.469 e. The number of esters is 1. The summed E-state index contributed by atoms with van der Waals surface area (Å²) in [4.78, 5) is 11.0. The number of methoxy groups -OCH3 is 1. The van der Waals surface area contributed by atoms with E-state index in [4.69, 9.17) is 5.73 Å². The molecule has 1 aromatic rings. The van der Waals surface area contributed by atoms with Crippen LogP contribution in [0.5, 0.6) is 0 Å². The van der Waals surface area contributed by atoms with Crippen LogP contribution in [0.1, 0.15) is 18.0 Å². The first-order valence-corrected chi connectivity index (χ1v) is 5.29. The largest absolute Gasteiger partial charge is 0.469 e. The van der Waals surface area contributed by atoms with Crippen molar-refractivity contribution in [3.63, 3.8) is 0 Å². The molecule has 0 bridgehead atoms. The van der Waals surface area contributed by atoms with Crippen LogP contribution in [0.4, 0.5) is 0 Å². The summed E-state index contributed by atoms with van der Waals surface area (Å²) < 4.78 is 5.70. The molecule has 1 aromatic carbocycles. The quantitative estimate of drug-likeness (QED) is 0.678. The van der Waals surface area contributed by atoms with E-state index in [1.54, 1.807) is 0 Å². The fourth-order valence-electron chi connectivity index (χ4n) is 1.09. The first-order valence-electron chi connectivity index (χ1n) is 4.21. The Morgan fingerprint density at radius 2 is 2.00 bits per heavy atom. The van der Waals surface area contributed by atoms with Crippen LogP contribution >= 0.6 is 35.0 Å². The minimum absolute atomic E-state index is 0. The number of ether oxygens (including phenoxy) is 1. The van der Waals surface area contributed by atoms with E-state index in [1.807, 2.05) is 24.3 Å². The van der Waals surface area contributed by atoms with Crippen LogP contribution in [0.3, 0.4) is 0 Å². The molecular weight excluding hydrogens is 328 g/mol. The summed E-state index contributed by atoms with van der Waals surface area (Å²) in [5, 5.41) is 0. The number of halogens is 2. The van der Waals surface area contributed by atoms with E-state index in [0.717, 1.165) is 9.13 Å². The molecule has 0 heterocycles. The van der Waals surface area contributed by atoms with Gasteiger partial charge in [-0.15, -0.1) is 12.4 Å². The molecule has 0 amide bonds. The van der Waals surface area contributed by atoms with E-state index >= 15 is 0 Å². The Kier molecular flexibility index (Phi) is 6.87. The molecular formula is C10H13ClINO2. The van der Waals surface area contributed by atoms with Crippen LogP contribution in [0, 0.1) is 3.57 Å². The molecule has 0 saturated heterocycles. The molecule has 1 atom stereocenters. The van der Waals surface area contributed by atoms with Gasteiger partial charge in [-0.1, -0.05) is 12.1 Å². The van der Waals surface area contributed by atoms with Gasteiger partial charge < -0.3 is 10.5 Å². The van der Waals surface area contributed by atoms with Gasteiger partial charge in [0.05, 0.1) is 13.5 Å². The zero-order valence-electron chi connectivity index (χ0n) is 8.27. The molecule has 0 saturated carbocycles. The zero-order chi connectivity index (χ0) is 10.6. The predicted octanol–water partition coefficient (Wildman–Crippen LogP) is 2.28. The lowest BCUT2D eigenvalue weighted by molar-refractivity contribution is -0.141. The zero-order valence-corrected chi connectivity index (χ0v) is 11.2. The third kappa shape index (κ3) is 4.81. The molecule has 0 aliphatic rings. The van der Waals surface area contributed by atoms with E-state index in [1.165, 1.54) is 7.11 Å². The lowest BCUT2D eigenvalue weighted by atomic mass is 10.1. The van der Waals surface area contributed by atoms with Crippen molar-refractivity contribution in [3.8, 4) is 0 Å². The van der Waals surface area contributed by atoms with Crippen molar-refractivity contribution in [3.05, 3.63) is 33.4 Å². The maximum atomic E-state index is 11.0. The van der Waals surface area contributed by atoms with Crippen molar-refractivity contribution < 1.29 is 9.53 Å². The molecule has 0 aromatic heterocycles. The van der Waals surface area contributed by atoms with Gasteiger partial charge in [0.1, 0.15) is 0 Å². The molecule has 15 heavy (non-hydrogen) atoms. The number of hydrogen-bond donors (Lipinski definition) is 1. The molecule has 0 aliphatic carbocycles. The summed E-state index contributed by atoms with van der Waals surface area (Å²) in [6.45, 7) is 0. The van der Waals surface area contributed by atoms with Gasteiger partial charge >= 0.3 is 5.97 Å². The van der Waals surface area contributed by atoms with Crippen LogP contribution in [0.25, 0.3) is 0 Å². The van der Waals surface area contributed by atoms with E-state index in [-0.39, 0.29) is 30.8 Å². The Morgan fingerprint density at radius 3 is 2.47 bits per heavy atom. The Bertz CT molecular complexity index is 316. The number of hydrogen-bond acceptors (Lipinski definition) is 3. The topological polar surface area (TPSA) is 52.3 Å². The molecule has 2 N–H and O–H groups in total. The van der Waals surface area contributed by atoms with Crippen molar-refractivity contribution in [2.45, 2.75) is 12.5 Å². The molecule has 0 aliphatic heterocycles. The maximum absolute atomic E-state index is 11.0. The van der Waals surface area contributed by atoms with Gasteiger partial charge in [-0.3, -0.25) is 4.79 Å².